The molecular weight excluding hydrogens is 468 g/mol. The van der Waals surface area contributed by atoms with Crippen LogP contribution in [0.25, 0.3) is 0 Å². The topological polar surface area (TPSA) is 85.2 Å². The van der Waals surface area contributed by atoms with Crippen molar-refractivity contribution in [1.82, 2.24) is 0 Å². The number of cyclic esters (lactones) is 1. The summed E-state index contributed by atoms with van der Waals surface area (Å²) in [5, 5.41) is 21.8. The summed E-state index contributed by atoms with van der Waals surface area (Å²) in [7, 11) is 0. The van der Waals surface area contributed by atoms with Crippen molar-refractivity contribution in [2.24, 2.45) is 17.8 Å². The number of aliphatic hydroxyl groups excluding tert-OH is 2. The summed E-state index contributed by atoms with van der Waals surface area (Å²) in [4.78, 5) is 12.7. The average molecular weight is 513 g/mol. The van der Waals surface area contributed by atoms with Gasteiger partial charge in [-0.25, -0.2) is 4.79 Å². The Morgan fingerprint density at radius 1 is 1.14 bits per heavy atom. The smallest absolute Gasteiger partial charge is 0.330 e. The number of aliphatic hydroxyl groups is 2. The average Bonchev–Trinajstić information content (AvgIpc) is 3.61. The molecule has 1 saturated carbocycles. The number of carbonyl (C=O) groups is 1. The zero-order valence-electron chi connectivity index (χ0n) is 22.3. The van der Waals surface area contributed by atoms with Gasteiger partial charge in [0.15, 0.2) is 0 Å². The molecule has 4 rings (SSSR count). The van der Waals surface area contributed by atoms with Gasteiger partial charge in [0.2, 0.25) is 0 Å². The van der Waals surface area contributed by atoms with E-state index in [1.165, 1.54) is 11.6 Å². The summed E-state index contributed by atoms with van der Waals surface area (Å²) < 4.78 is 17.7. The second-order valence-corrected chi connectivity index (χ2v) is 11.5. The predicted octanol–water partition coefficient (Wildman–Crippen LogP) is 4.97. The van der Waals surface area contributed by atoms with Crippen LogP contribution in [-0.2, 0) is 19.0 Å². The molecule has 6 nitrogen and oxygen atoms in total. The quantitative estimate of drug-likeness (QED) is 0.410. The molecule has 4 aliphatic rings. The third kappa shape index (κ3) is 8.78. The lowest BCUT2D eigenvalue weighted by Gasteiger charge is -2.28. The van der Waals surface area contributed by atoms with Crippen LogP contribution in [-0.4, -0.2) is 59.4 Å². The van der Waals surface area contributed by atoms with Gasteiger partial charge in [-0.15, -0.1) is 0 Å². The molecule has 37 heavy (non-hydrogen) atoms. The van der Waals surface area contributed by atoms with Gasteiger partial charge in [-0.1, -0.05) is 61.1 Å². The van der Waals surface area contributed by atoms with Crippen molar-refractivity contribution in [2.75, 3.05) is 6.61 Å². The maximum atomic E-state index is 12.7. The largest absolute Gasteiger partial charge is 0.456 e. The van der Waals surface area contributed by atoms with E-state index in [1.54, 1.807) is 12.2 Å². The van der Waals surface area contributed by atoms with Crippen molar-refractivity contribution in [3.05, 3.63) is 60.3 Å². The van der Waals surface area contributed by atoms with Gasteiger partial charge in [0.1, 0.15) is 12.2 Å². The molecule has 0 amide bonds. The van der Waals surface area contributed by atoms with Crippen LogP contribution in [0.2, 0.25) is 0 Å². The molecule has 1 aliphatic carbocycles. The first-order valence-corrected chi connectivity index (χ1v) is 13.9. The number of hydrogen-bond acceptors (Lipinski definition) is 6. The molecule has 2 N–H and O–H groups in total. The molecule has 9 atom stereocenters. The lowest BCUT2D eigenvalue weighted by molar-refractivity contribution is -0.148. The minimum Gasteiger partial charge on any atom is -0.456 e. The van der Waals surface area contributed by atoms with Crippen molar-refractivity contribution < 1.29 is 29.2 Å². The van der Waals surface area contributed by atoms with Crippen LogP contribution < -0.4 is 0 Å². The molecule has 6 heteroatoms. The van der Waals surface area contributed by atoms with Crippen LogP contribution >= 0.6 is 0 Å². The summed E-state index contributed by atoms with van der Waals surface area (Å²) in [6.07, 6.45) is 17.0. The van der Waals surface area contributed by atoms with Gasteiger partial charge < -0.3 is 24.4 Å². The number of rotatable bonds is 3. The van der Waals surface area contributed by atoms with Crippen LogP contribution in [0.3, 0.4) is 0 Å². The van der Waals surface area contributed by atoms with Gasteiger partial charge in [0, 0.05) is 6.08 Å². The van der Waals surface area contributed by atoms with Gasteiger partial charge in [-0.05, 0) is 76.0 Å². The Morgan fingerprint density at radius 3 is 2.78 bits per heavy atom. The Bertz CT molecular complexity index is 917. The van der Waals surface area contributed by atoms with Crippen molar-refractivity contribution in [3.8, 4) is 0 Å². The SMILES string of the molecule is C=C1C[C@H](C)C[C@@H]2CC=C[C@@H](CC=CC(=O)O[C@H]([C@@H](O)C=C[C@@H]3CC(C)=CCO3)C[C@@H]3CC3[C@@H](O)C1)O2. The summed E-state index contributed by atoms with van der Waals surface area (Å²) >= 11 is 0. The molecule has 3 aliphatic heterocycles. The van der Waals surface area contributed by atoms with Crippen LogP contribution in [0.1, 0.15) is 65.2 Å². The van der Waals surface area contributed by atoms with Crippen LogP contribution in [0.4, 0.5) is 0 Å². The second kappa shape index (κ2) is 13.2. The van der Waals surface area contributed by atoms with Crippen LogP contribution in [0.15, 0.2) is 60.3 Å². The van der Waals surface area contributed by atoms with Crippen molar-refractivity contribution in [1.29, 1.82) is 0 Å². The zero-order valence-corrected chi connectivity index (χ0v) is 22.3. The van der Waals surface area contributed by atoms with Gasteiger partial charge in [-0.3, -0.25) is 0 Å². The monoisotopic (exact) mass is 512 g/mol. The lowest BCUT2D eigenvalue weighted by Crippen LogP contribution is -2.31. The van der Waals surface area contributed by atoms with E-state index in [1.807, 2.05) is 6.08 Å². The molecule has 0 aromatic rings. The lowest BCUT2D eigenvalue weighted by atomic mass is 9.90. The Labute approximate surface area is 221 Å². The standard InChI is InChI=1S/C31H44O6/c1-20-12-13-35-25(15-20)10-11-28(32)30-19-23-18-27(23)29(33)17-22(3)14-21(2)16-26-8-4-6-24(36-26)7-5-9-31(34)37-30/h4-6,9-12,21,23-30,32-33H,3,7-8,13-19H2,1-2H3/t21-,23-,24-,25+,26-,27?,28-,29-,30-/m0/s1. The summed E-state index contributed by atoms with van der Waals surface area (Å²) in [6.45, 7) is 9.10. The van der Waals surface area contributed by atoms with Crippen molar-refractivity contribution >= 4 is 5.97 Å². The number of hydrogen-bond donors (Lipinski definition) is 2. The Balaban J connectivity index is 1.44. The number of ether oxygens (including phenoxy) is 3. The highest BCUT2D eigenvalue weighted by Crippen LogP contribution is 2.47. The fourth-order valence-electron chi connectivity index (χ4n) is 5.89. The fraction of sp³-hybridized carbons (Fsp3) is 0.645. The summed E-state index contributed by atoms with van der Waals surface area (Å²) in [6, 6.07) is 0. The van der Waals surface area contributed by atoms with E-state index >= 15 is 0 Å². The van der Waals surface area contributed by atoms with Crippen LogP contribution in [0.5, 0.6) is 0 Å². The number of fused-ring (bicyclic) bond motifs is 3. The Kier molecular flexibility index (Phi) is 9.99. The van der Waals surface area contributed by atoms with Gasteiger partial charge in [0.25, 0.3) is 0 Å². The molecule has 1 fully saturated rings. The molecular formula is C31H44O6. The van der Waals surface area contributed by atoms with E-state index in [4.69, 9.17) is 14.2 Å². The van der Waals surface area contributed by atoms with E-state index in [0.29, 0.717) is 31.8 Å². The Morgan fingerprint density at radius 2 is 1.97 bits per heavy atom. The molecule has 0 radical (unpaired) electrons. The summed E-state index contributed by atoms with van der Waals surface area (Å²) in [5.41, 5.74) is 2.33. The minimum absolute atomic E-state index is 0.0663. The molecule has 0 aromatic carbocycles. The molecule has 0 saturated heterocycles. The van der Waals surface area contributed by atoms with Crippen molar-refractivity contribution in [2.45, 2.75) is 102 Å². The van der Waals surface area contributed by atoms with E-state index in [0.717, 1.165) is 37.7 Å². The minimum atomic E-state index is -0.947. The van der Waals surface area contributed by atoms with Crippen LogP contribution in [0, 0.1) is 17.8 Å². The van der Waals surface area contributed by atoms with Gasteiger partial charge in [0.05, 0.1) is 31.0 Å². The molecule has 3 heterocycles. The van der Waals surface area contributed by atoms with E-state index in [2.05, 4.69) is 38.7 Å². The molecule has 0 aromatic heterocycles. The first-order valence-electron chi connectivity index (χ1n) is 13.9. The van der Waals surface area contributed by atoms with Gasteiger partial charge >= 0.3 is 5.97 Å². The van der Waals surface area contributed by atoms with Crippen molar-refractivity contribution in [3.63, 3.8) is 0 Å². The molecule has 204 valence electrons. The highest BCUT2D eigenvalue weighted by molar-refractivity contribution is 5.82. The third-order valence-corrected chi connectivity index (χ3v) is 7.98. The number of esters is 1. The van der Waals surface area contributed by atoms with E-state index < -0.39 is 24.3 Å². The predicted molar refractivity (Wildman–Crippen MR) is 144 cm³/mol. The molecule has 2 bridgehead atoms. The normalized spacial score (nSPS) is 38.8. The highest BCUT2D eigenvalue weighted by atomic mass is 16.6. The Hall–Kier alpha value is -1.99. The van der Waals surface area contributed by atoms with E-state index in [-0.39, 0.29) is 30.1 Å². The van der Waals surface area contributed by atoms with Gasteiger partial charge in [-0.2, -0.15) is 0 Å². The first-order chi connectivity index (χ1) is 17.8. The van der Waals surface area contributed by atoms with E-state index in [9.17, 15) is 15.0 Å². The fourth-order valence-corrected chi connectivity index (χ4v) is 5.89. The maximum Gasteiger partial charge on any atom is 0.330 e. The first kappa shape index (κ1) is 28.0. The molecule has 1 unspecified atom stereocenters. The third-order valence-electron chi connectivity index (χ3n) is 7.98. The second-order valence-electron chi connectivity index (χ2n) is 11.5. The highest BCUT2D eigenvalue weighted by Gasteiger charge is 2.44. The number of carbonyl (C=O) groups excluding carboxylic acids is 1. The summed E-state index contributed by atoms with van der Waals surface area (Å²) in [5.74, 6) is 0.302. The zero-order chi connectivity index (χ0) is 26.4. The maximum absolute atomic E-state index is 12.7. The molecule has 0 spiro atoms.